The van der Waals surface area contributed by atoms with Crippen LogP contribution >= 0.6 is 0 Å². The van der Waals surface area contributed by atoms with E-state index in [9.17, 15) is 23.7 Å². The van der Waals surface area contributed by atoms with Crippen molar-refractivity contribution in [2.75, 3.05) is 0 Å². The second-order valence-electron chi connectivity index (χ2n) is 4.17. The van der Waals surface area contributed by atoms with Crippen LogP contribution in [0.15, 0.2) is 36.4 Å². The summed E-state index contributed by atoms with van der Waals surface area (Å²) in [7, 11) is 0. The van der Waals surface area contributed by atoms with Gasteiger partial charge in [-0.25, -0.2) is 8.78 Å². The monoisotopic (exact) mass is 293 g/mol. The number of nitro groups is 1. The third kappa shape index (κ3) is 3.19. The quantitative estimate of drug-likeness (QED) is 0.487. The number of carbonyl (C=O) groups excluding carboxylic acids is 1. The van der Waals surface area contributed by atoms with Gasteiger partial charge in [-0.05, 0) is 31.2 Å². The smallest absolute Gasteiger partial charge is 0.312 e. The van der Waals surface area contributed by atoms with E-state index in [1.54, 1.807) is 0 Å². The predicted molar refractivity (Wildman–Crippen MR) is 69.5 cm³/mol. The summed E-state index contributed by atoms with van der Waals surface area (Å²) in [5.41, 5.74) is -0.389. The van der Waals surface area contributed by atoms with Crippen LogP contribution in [0.1, 0.15) is 17.3 Å². The molecule has 0 aromatic heterocycles. The number of carbonyl (C=O) groups is 1. The molecule has 0 radical (unpaired) electrons. The molecule has 0 atom stereocenters. The Morgan fingerprint density at radius 2 is 1.86 bits per heavy atom. The highest BCUT2D eigenvalue weighted by molar-refractivity contribution is 5.95. The zero-order valence-corrected chi connectivity index (χ0v) is 10.8. The van der Waals surface area contributed by atoms with Gasteiger partial charge in [-0.15, -0.1) is 0 Å². The third-order valence-electron chi connectivity index (χ3n) is 2.68. The van der Waals surface area contributed by atoms with Gasteiger partial charge in [-0.1, -0.05) is 0 Å². The summed E-state index contributed by atoms with van der Waals surface area (Å²) >= 11 is 0. The van der Waals surface area contributed by atoms with E-state index in [1.807, 2.05) is 0 Å². The average Bonchev–Trinajstić information content (AvgIpc) is 2.42. The number of ketones is 1. The van der Waals surface area contributed by atoms with Crippen molar-refractivity contribution in [1.82, 2.24) is 0 Å². The molecule has 0 unspecified atom stereocenters. The highest BCUT2D eigenvalue weighted by atomic mass is 19.1. The summed E-state index contributed by atoms with van der Waals surface area (Å²) in [6.07, 6.45) is 0. The Labute approximate surface area is 117 Å². The minimum absolute atomic E-state index is 0.119. The molecule has 0 heterocycles. The van der Waals surface area contributed by atoms with Crippen LogP contribution in [0.2, 0.25) is 0 Å². The Balaban J connectivity index is 2.46. The second kappa shape index (κ2) is 5.66. The zero-order chi connectivity index (χ0) is 15.6. The van der Waals surface area contributed by atoms with Crippen molar-refractivity contribution in [1.29, 1.82) is 0 Å². The molecule has 0 amide bonds. The summed E-state index contributed by atoms with van der Waals surface area (Å²) in [5, 5.41) is 11.0. The van der Waals surface area contributed by atoms with Gasteiger partial charge in [0, 0.05) is 17.7 Å². The van der Waals surface area contributed by atoms with E-state index in [2.05, 4.69) is 0 Å². The molecule has 0 spiro atoms. The number of nitro benzene ring substituents is 1. The van der Waals surface area contributed by atoms with Gasteiger partial charge in [-0.2, -0.15) is 0 Å². The molecule has 0 saturated carbocycles. The van der Waals surface area contributed by atoms with Gasteiger partial charge in [0.25, 0.3) is 0 Å². The Hall–Kier alpha value is -2.83. The molecule has 0 fully saturated rings. The first-order valence-corrected chi connectivity index (χ1v) is 5.81. The first kappa shape index (κ1) is 14.6. The molecule has 0 N–H and O–H groups in total. The van der Waals surface area contributed by atoms with E-state index in [4.69, 9.17) is 4.74 Å². The molecule has 5 nitrogen and oxygen atoms in total. The molecular weight excluding hydrogens is 284 g/mol. The van der Waals surface area contributed by atoms with Crippen molar-refractivity contribution < 1.29 is 23.2 Å². The van der Waals surface area contributed by atoms with Crippen LogP contribution in [0.3, 0.4) is 0 Å². The Kier molecular flexibility index (Phi) is 3.93. The Bertz CT molecular complexity index is 731. The van der Waals surface area contributed by atoms with E-state index >= 15 is 0 Å². The molecule has 2 aromatic carbocycles. The van der Waals surface area contributed by atoms with Crippen molar-refractivity contribution in [3.8, 4) is 11.5 Å². The van der Waals surface area contributed by atoms with Crippen molar-refractivity contribution in [3.63, 3.8) is 0 Å². The van der Waals surface area contributed by atoms with E-state index in [-0.39, 0.29) is 17.1 Å². The molecular formula is C14H9F2NO4. The molecule has 2 rings (SSSR count). The fourth-order valence-electron chi connectivity index (χ4n) is 1.64. The summed E-state index contributed by atoms with van der Waals surface area (Å²) in [5.74, 6) is -2.72. The first-order chi connectivity index (χ1) is 9.88. The summed E-state index contributed by atoms with van der Waals surface area (Å²) in [6, 6.07) is 6.02. The number of hydrogen-bond donors (Lipinski definition) is 0. The van der Waals surface area contributed by atoms with Crippen LogP contribution < -0.4 is 4.74 Å². The number of benzene rings is 2. The van der Waals surface area contributed by atoms with Gasteiger partial charge < -0.3 is 4.74 Å². The second-order valence-corrected chi connectivity index (χ2v) is 4.17. The molecule has 0 aliphatic carbocycles. The molecule has 0 aliphatic rings. The van der Waals surface area contributed by atoms with Crippen LogP contribution in [0.5, 0.6) is 11.5 Å². The minimum Gasteiger partial charge on any atom is -0.447 e. The Morgan fingerprint density at radius 3 is 2.48 bits per heavy atom. The highest BCUT2D eigenvalue weighted by Gasteiger charge is 2.19. The molecule has 0 aliphatic heterocycles. The Morgan fingerprint density at radius 1 is 1.14 bits per heavy atom. The maximum Gasteiger partial charge on any atom is 0.312 e. The van der Waals surface area contributed by atoms with Crippen molar-refractivity contribution in [3.05, 3.63) is 63.7 Å². The summed E-state index contributed by atoms with van der Waals surface area (Å²) in [4.78, 5) is 21.4. The van der Waals surface area contributed by atoms with Crippen molar-refractivity contribution >= 4 is 11.5 Å². The predicted octanol–water partition coefficient (Wildman–Crippen LogP) is 3.87. The van der Waals surface area contributed by atoms with Crippen molar-refractivity contribution in [2.24, 2.45) is 0 Å². The number of Topliss-reactive ketones (excluding diaryl/α,β-unsaturated/α-hetero) is 1. The fourth-order valence-corrected chi connectivity index (χ4v) is 1.64. The maximum atomic E-state index is 13.5. The SMILES string of the molecule is CC(=O)c1ccc(Oc2cc(F)ccc2F)c([N+](=O)[O-])c1. The minimum atomic E-state index is -0.860. The number of halogens is 2. The maximum absolute atomic E-state index is 13.5. The molecule has 0 bridgehead atoms. The topological polar surface area (TPSA) is 69.4 Å². The van der Waals surface area contributed by atoms with Crippen LogP contribution in [0.4, 0.5) is 14.5 Å². The molecule has 108 valence electrons. The van der Waals surface area contributed by atoms with Gasteiger partial charge in [0.2, 0.25) is 5.75 Å². The lowest BCUT2D eigenvalue weighted by atomic mass is 10.1. The molecule has 21 heavy (non-hydrogen) atoms. The van der Waals surface area contributed by atoms with Gasteiger partial charge in [0.15, 0.2) is 17.3 Å². The van der Waals surface area contributed by atoms with Crippen LogP contribution in [-0.2, 0) is 0 Å². The van der Waals surface area contributed by atoms with E-state index in [0.29, 0.717) is 0 Å². The van der Waals surface area contributed by atoms with E-state index in [0.717, 1.165) is 24.3 Å². The molecule has 7 heteroatoms. The zero-order valence-electron chi connectivity index (χ0n) is 10.8. The van der Waals surface area contributed by atoms with Crippen LogP contribution in [0.25, 0.3) is 0 Å². The third-order valence-corrected chi connectivity index (χ3v) is 2.68. The molecule has 0 saturated heterocycles. The molecule has 2 aromatic rings. The average molecular weight is 293 g/mol. The number of hydrogen-bond acceptors (Lipinski definition) is 4. The van der Waals surface area contributed by atoms with E-state index in [1.165, 1.54) is 19.1 Å². The number of ether oxygens (including phenoxy) is 1. The lowest BCUT2D eigenvalue weighted by Crippen LogP contribution is -1.99. The lowest BCUT2D eigenvalue weighted by Gasteiger charge is -2.08. The summed E-state index contributed by atoms with van der Waals surface area (Å²) in [6.45, 7) is 1.26. The number of nitrogens with zero attached hydrogens (tertiary/aromatic N) is 1. The number of rotatable bonds is 4. The highest BCUT2D eigenvalue weighted by Crippen LogP contribution is 2.33. The van der Waals surface area contributed by atoms with Crippen LogP contribution in [-0.4, -0.2) is 10.7 Å². The summed E-state index contributed by atoms with van der Waals surface area (Å²) < 4.78 is 31.6. The van der Waals surface area contributed by atoms with Gasteiger partial charge in [-0.3, -0.25) is 14.9 Å². The largest absolute Gasteiger partial charge is 0.447 e. The first-order valence-electron chi connectivity index (χ1n) is 5.81. The lowest BCUT2D eigenvalue weighted by molar-refractivity contribution is -0.385. The van der Waals surface area contributed by atoms with Crippen LogP contribution in [0, 0.1) is 21.7 Å². The van der Waals surface area contributed by atoms with Crippen molar-refractivity contribution in [2.45, 2.75) is 6.92 Å². The fraction of sp³-hybridized carbons (Fsp3) is 0.0714. The van der Waals surface area contributed by atoms with E-state index < -0.39 is 28.0 Å². The van der Waals surface area contributed by atoms with Gasteiger partial charge in [0.1, 0.15) is 5.82 Å². The standard InChI is InChI=1S/C14H9F2NO4/c1-8(18)9-2-5-13(12(6-9)17(19)20)21-14-7-10(15)3-4-11(14)16/h2-7H,1H3. The van der Waals surface area contributed by atoms with Gasteiger partial charge in [0.05, 0.1) is 4.92 Å². The normalized spacial score (nSPS) is 10.2. The van der Waals surface area contributed by atoms with Gasteiger partial charge >= 0.3 is 5.69 Å².